The predicted molar refractivity (Wildman–Crippen MR) is 273 cm³/mol. The van der Waals surface area contributed by atoms with Crippen LogP contribution >= 0.6 is 0 Å². The van der Waals surface area contributed by atoms with Crippen molar-refractivity contribution >= 4 is 11.9 Å². The first-order valence-electron chi connectivity index (χ1n) is 25.7. The summed E-state index contributed by atoms with van der Waals surface area (Å²) in [7, 11) is 0. The lowest BCUT2D eigenvalue weighted by Gasteiger charge is -2.24. The Morgan fingerprint density at radius 2 is 0.921 bits per heavy atom. The molecule has 3 N–H and O–H groups in total. The van der Waals surface area contributed by atoms with Crippen molar-refractivity contribution in [3.05, 3.63) is 109 Å². The maximum Gasteiger partial charge on any atom is 0.306 e. The Bertz CT molecular complexity index is 1300. The number of rotatable bonds is 44. The molecule has 0 spiro atoms. The zero-order chi connectivity index (χ0) is 45.9. The molecule has 0 radical (unpaired) electrons. The molecule has 1 amide bonds. The molecule has 0 aliphatic rings. The molecule has 0 rings (SSSR count). The van der Waals surface area contributed by atoms with Gasteiger partial charge in [-0.15, -0.1) is 0 Å². The highest BCUT2D eigenvalue weighted by Gasteiger charge is 2.24. The van der Waals surface area contributed by atoms with Crippen molar-refractivity contribution in [2.24, 2.45) is 0 Å². The van der Waals surface area contributed by atoms with Gasteiger partial charge in [0, 0.05) is 6.42 Å². The topological polar surface area (TPSA) is 95.9 Å². The lowest BCUT2D eigenvalue weighted by atomic mass is 10.0. The monoisotopic (exact) mass is 874 g/mol. The van der Waals surface area contributed by atoms with E-state index in [0.717, 1.165) is 89.9 Å². The minimum Gasteiger partial charge on any atom is -0.462 e. The van der Waals surface area contributed by atoms with Gasteiger partial charge >= 0.3 is 5.97 Å². The smallest absolute Gasteiger partial charge is 0.306 e. The van der Waals surface area contributed by atoms with Gasteiger partial charge in [-0.2, -0.15) is 0 Å². The molecule has 0 aromatic heterocycles. The van der Waals surface area contributed by atoms with Crippen LogP contribution in [0.2, 0.25) is 0 Å². The third-order valence-electron chi connectivity index (χ3n) is 10.9. The summed E-state index contributed by atoms with van der Waals surface area (Å²) in [4.78, 5) is 26.1. The van der Waals surface area contributed by atoms with Gasteiger partial charge in [-0.25, -0.2) is 0 Å². The Hall–Kier alpha value is -3.48. The lowest BCUT2D eigenvalue weighted by Crippen LogP contribution is -2.46. The zero-order valence-electron chi connectivity index (χ0n) is 40.7. The molecule has 0 saturated heterocycles. The van der Waals surface area contributed by atoms with Crippen LogP contribution in [0.3, 0.4) is 0 Å². The van der Waals surface area contributed by atoms with Gasteiger partial charge < -0.3 is 20.3 Å². The molecule has 6 nitrogen and oxygen atoms in total. The van der Waals surface area contributed by atoms with Crippen LogP contribution in [-0.4, -0.2) is 46.9 Å². The van der Waals surface area contributed by atoms with Crippen LogP contribution in [0, 0.1) is 0 Å². The minimum absolute atomic E-state index is 0.0221. The van der Waals surface area contributed by atoms with Gasteiger partial charge in [0.15, 0.2) is 0 Å². The van der Waals surface area contributed by atoms with Crippen molar-refractivity contribution in [1.82, 2.24) is 5.32 Å². The molecule has 0 fully saturated rings. The van der Waals surface area contributed by atoms with E-state index >= 15 is 0 Å². The van der Waals surface area contributed by atoms with Gasteiger partial charge in [0.05, 0.1) is 25.2 Å². The van der Waals surface area contributed by atoms with E-state index in [9.17, 15) is 19.8 Å². The molecule has 3 atom stereocenters. The van der Waals surface area contributed by atoms with Crippen molar-refractivity contribution in [1.29, 1.82) is 0 Å². The van der Waals surface area contributed by atoms with Crippen molar-refractivity contribution < 1.29 is 24.5 Å². The molecule has 0 bridgehead atoms. The fraction of sp³-hybridized carbons (Fsp3) is 0.649. The second-order valence-electron chi connectivity index (χ2n) is 16.9. The molecule has 0 saturated carbocycles. The highest BCUT2D eigenvalue weighted by atomic mass is 16.5. The lowest BCUT2D eigenvalue weighted by molar-refractivity contribution is -0.151. The van der Waals surface area contributed by atoms with Crippen molar-refractivity contribution in [3.8, 4) is 0 Å². The highest BCUT2D eigenvalue weighted by molar-refractivity contribution is 5.77. The zero-order valence-corrected chi connectivity index (χ0v) is 40.7. The summed E-state index contributed by atoms with van der Waals surface area (Å²) in [5.74, 6) is -0.592. The van der Waals surface area contributed by atoms with Crippen LogP contribution in [0.1, 0.15) is 213 Å². The molecule has 6 heteroatoms. The van der Waals surface area contributed by atoms with E-state index in [2.05, 4.69) is 117 Å². The molecular weight excluding hydrogens is 779 g/mol. The predicted octanol–water partition coefficient (Wildman–Crippen LogP) is 15.5. The Labute approximate surface area is 388 Å². The first kappa shape index (κ1) is 59.5. The Kier molecular flexibility index (Phi) is 46.8. The van der Waals surface area contributed by atoms with E-state index < -0.39 is 18.2 Å². The van der Waals surface area contributed by atoms with E-state index in [-0.39, 0.29) is 24.9 Å². The fourth-order valence-electron chi connectivity index (χ4n) is 7.06. The quantitative estimate of drug-likeness (QED) is 0.0245. The number of hydrogen-bond donors (Lipinski definition) is 3. The van der Waals surface area contributed by atoms with Gasteiger partial charge in [0.2, 0.25) is 5.91 Å². The Balaban J connectivity index is 4.81. The van der Waals surface area contributed by atoms with E-state index in [4.69, 9.17) is 4.74 Å². The third kappa shape index (κ3) is 44.9. The minimum atomic E-state index is -0.814. The summed E-state index contributed by atoms with van der Waals surface area (Å²) in [6.07, 6.45) is 67.1. The van der Waals surface area contributed by atoms with Crippen LogP contribution in [-0.2, 0) is 14.3 Å². The molecule has 3 unspecified atom stereocenters. The number of aliphatic hydroxyl groups is 2. The van der Waals surface area contributed by atoms with Gasteiger partial charge in [0.25, 0.3) is 0 Å². The molecule has 0 aromatic rings. The number of unbranched alkanes of at least 4 members (excludes halogenated alkanes) is 17. The molecular formula is C57H95NO5. The van der Waals surface area contributed by atoms with Crippen molar-refractivity contribution in [2.45, 2.75) is 232 Å². The van der Waals surface area contributed by atoms with Crippen LogP contribution in [0.5, 0.6) is 0 Å². The summed E-state index contributed by atoms with van der Waals surface area (Å²) in [5.41, 5.74) is 0. The second kappa shape index (κ2) is 49.5. The summed E-state index contributed by atoms with van der Waals surface area (Å²) in [6.45, 7) is 6.29. The first-order valence-corrected chi connectivity index (χ1v) is 25.7. The number of carbonyl (C=O) groups excluding carboxylic acids is 2. The third-order valence-corrected chi connectivity index (χ3v) is 10.9. The number of esters is 1. The van der Waals surface area contributed by atoms with E-state index in [1.807, 2.05) is 18.2 Å². The van der Waals surface area contributed by atoms with Gasteiger partial charge in [-0.3, -0.25) is 9.59 Å². The molecule has 0 heterocycles. The molecule has 63 heavy (non-hydrogen) atoms. The standard InChI is InChI=1S/C57H95NO5/c1-4-7-10-13-16-19-22-24-26-28-30-32-35-38-41-44-47-50-57(62)63-53(48-45-42-39-36-34-31-29-27-25-23-20-17-14-11-8-5-2)51-56(61)58-54(52-59)55(60)49-46-43-40-37-33-21-18-15-12-9-6-3/h7,10,16-17,19-20,23-27,29-32,34,38,41,53-55,59-60H,4-6,8-9,11-15,18,21-22,28,33,35-37,39-40,42-52H2,1-3H3,(H,58,61)/b10-7-,19-16-,20-17+,25-23+,26-24-,29-27+,32-30-,34-31+,41-38-. The average molecular weight is 874 g/mol. The number of ether oxygens (including phenoxy) is 1. The van der Waals surface area contributed by atoms with E-state index in [1.165, 1.54) is 70.6 Å². The van der Waals surface area contributed by atoms with Crippen LogP contribution in [0.4, 0.5) is 0 Å². The summed E-state index contributed by atoms with van der Waals surface area (Å²) >= 11 is 0. The van der Waals surface area contributed by atoms with E-state index in [0.29, 0.717) is 25.7 Å². The van der Waals surface area contributed by atoms with Crippen molar-refractivity contribution in [2.75, 3.05) is 6.61 Å². The Morgan fingerprint density at radius 3 is 1.46 bits per heavy atom. The van der Waals surface area contributed by atoms with Crippen LogP contribution in [0.25, 0.3) is 0 Å². The van der Waals surface area contributed by atoms with Gasteiger partial charge in [0.1, 0.15) is 6.10 Å². The summed E-state index contributed by atoms with van der Waals surface area (Å²) in [5, 5.41) is 23.7. The second-order valence-corrected chi connectivity index (χ2v) is 16.9. The number of allylic oxidation sites excluding steroid dienone is 18. The normalized spacial score (nSPS) is 14.2. The largest absolute Gasteiger partial charge is 0.462 e. The number of aliphatic hydroxyl groups excluding tert-OH is 2. The highest BCUT2D eigenvalue weighted by Crippen LogP contribution is 2.16. The SMILES string of the molecule is CC/C=C\C/C=C\C/C=C\C/C=C\C/C=C\CCCC(=O)OC(CCCCC/C=C/C=C/C=C/C=C/CCCCC)CC(=O)NC(CO)C(O)CCCCCCCCCCCCC. The fourth-order valence-corrected chi connectivity index (χ4v) is 7.06. The molecule has 358 valence electrons. The van der Waals surface area contributed by atoms with Gasteiger partial charge in [-0.05, 0) is 89.9 Å². The molecule has 0 aliphatic carbocycles. The Morgan fingerprint density at radius 1 is 0.492 bits per heavy atom. The summed E-state index contributed by atoms with van der Waals surface area (Å²) in [6, 6.07) is -0.733. The number of amides is 1. The van der Waals surface area contributed by atoms with Gasteiger partial charge in [-0.1, -0.05) is 220 Å². The number of carbonyl (C=O) groups is 2. The average Bonchev–Trinajstić information content (AvgIpc) is 3.28. The van der Waals surface area contributed by atoms with Crippen LogP contribution < -0.4 is 5.32 Å². The first-order chi connectivity index (χ1) is 31.0. The number of hydrogen-bond acceptors (Lipinski definition) is 5. The van der Waals surface area contributed by atoms with Crippen molar-refractivity contribution in [3.63, 3.8) is 0 Å². The maximum absolute atomic E-state index is 13.2. The van der Waals surface area contributed by atoms with Crippen LogP contribution in [0.15, 0.2) is 109 Å². The van der Waals surface area contributed by atoms with E-state index in [1.54, 1.807) is 0 Å². The maximum atomic E-state index is 13.2. The molecule has 0 aliphatic heterocycles. The summed E-state index contributed by atoms with van der Waals surface area (Å²) < 4.78 is 5.89. The molecule has 0 aromatic carbocycles. The number of nitrogens with one attached hydrogen (secondary N) is 1.